The minimum atomic E-state index is -1.38. The number of carbonyl (C=O) groups is 5. The van der Waals surface area contributed by atoms with Crippen LogP contribution in [-0.2, 0) is 19.2 Å². The number of aliphatic hydroxyl groups excluding tert-OH is 1. The number of para-hydroxylation sites is 2. The van der Waals surface area contributed by atoms with Crippen molar-refractivity contribution in [3.63, 3.8) is 0 Å². The normalized spacial score (nSPS) is 14.1. The fourth-order valence-electron chi connectivity index (χ4n) is 4.06. The van der Waals surface area contributed by atoms with Gasteiger partial charge in [0.15, 0.2) is 0 Å². The molecule has 0 fully saturated rings. The maximum atomic E-state index is 13.3. The molecule has 2 aromatic rings. The summed E-state index contributed by atoms with van der Waals surface area (Å²) >= 11 is 5.27. The van der Waals surface area contributed by atoms with Crippen molar-refractivity contribution < 1.29 is 29.1 Å². The van der Waals surface area contributed by atoms with Gasteiger partial charge in [-0.15, -0.1) is 0 Å². The zero-order valence-electron chi connectivity index (χ0n) is 23.3. The molecule has 1 heterocycles. The Morgan fingerprint density at radius 3 is 2.17 bits per heavy atom. The molecular formula is C26H36N6O6S2. The molecule has 0 bridgehead atoms. The molecule has 12 nitrogen and oxygen atoms in total. The molecule has 0 radical (unpaired) electrons. The van der Waals surface area contributed by atoms with Gasteiger partial charge in [-0.1, -0.05) is 37.7 Å². The fraction of sp³-hybridized carbons (Fsp3) is 0.500. The maximum absolute atomic E-state index is 13.3. The van der Waals surface area contributed by atoms with Crippen LogP contribution in [-0.4, -0.2) is 110 Å². The first-order valence-corrected chi connectivity index (χ1v) is 14.4. The minimum Gasteiger partial charge on any atom is -0.394 e. The molecule has 218 valence electrons. The van der Waals surface area contributed by atoms with Crippen LogP contribution in [0.3, 0.4) is 0 Å². The van der Waals surface area contributed by atoms with Crippen molar-refractivity contribution in [1.82, 2.24) is 30.4 Å². The summed E-state index contributed by atoms with van der Waals surface area (Å²) in [6.45, 7) is 4.33. The molecule has 14 heteroatoms. The highest BCUT2D eigenvalue weighted by Crippen LogP contribution is 2.18. The molecule has 4 atom stereocenters. The van der Waals surface area contributed by atoms with E-state index in [2.05, 4.69) is 33.2 Å². The van der Waals surface area contributed by atoms with Gasteiger partial charge in [-0.05, 0) is 31.2 Å². The topological polar surface area (TPSA) is 162 Å². The molecule has 2 unspecified atom stereocenters. The lowest BCUT2D eigenvalue weighted by Crippen LogP contribution is -2.58. The maximum Gasteiger partial charge on any atom is 0.272 e. The predicted molar refractivity (Wildman–Crippen MR) is 156 cm³/mol. The minimum absolute atomic E-state index is 0.0214. The van der Waals surface area contributed by atoms with Gasteiger partial charge in [-0.3, -0.25) is 29.0 Å². The Morgan fingerprint density at radius 1 is 1.00 bits per heavy atom. The van der Waals surface area contributed by atoms with E-state index in [1.54, 1.807) is 30.5 Å². The number of thiol groups is 1. The molecule has 2 rings (SSSR count). The van der Waals surface area contributed by atoms with Crippen molar-refractivity contribution in [2.45, 2.75) is 44.9 Å². The summed E-state index contributed by atoms with van der Waals surface area (Å²) in [5.41, 5.74) is 1.03. The highest BCUT2D eigenvalue weighted by Gasteiger charge is 2.36. The van der Waals surface area contributed by atoms with E-state index in [1.165, 1.54) is 32.1 Å². The van der Waals surface area contributed by atoms with Gasteiger partial charge in [0.25, 0.3) is 5.91 Å². The largest absolute Gasteiger partial charge is 0.394 e. The van der Waals surface area contributed by atoms with Crippen LogP contribution in [0, 0.1) is 5.92 Å². The van der Waals surface area contributed by atoms with Crippen LogP contribution >= 0.6 is 24.4 Å². The number of fused-ring (bicyclic) bond motifs is 1. The van der Waals surface area contributed by atoms with E-state index < -0.39 is 54.4 Å². The van der Waals surface area contributed by atoms with Gasteiger partial charge in [-0.2, -0.15) is 12.6 Å². The van der Waals surface area contributed by atoms with Crippen LogP contribution < -0.4 is 10.6 Å². The van der Waals surface area contributed by atoms with Crippen molar-refractivity contribution >= 4 is 64.2 Å². The number of benzene rings is 1. The molecule has 0 saturated carbocycles. The van der Waals surface area contributed by atoms with Crippen LogP contribution in [0.25, 0.3) is 11.0 Å². The number of nitrogens with zero attached hydrogens (tertiary/aromatic N) is 4. The Kier molecular flexibility index (Phi) is 12.3. The lowest BCUT2D eigenvalue weighted by atomic mass is 10.0. The van der Waals surface area contributed by atoms with Crippen LogP contribution in [0.1, 0.15) is 31.3 Å². The van der Waals surface area contributed by atoms with E-state index in [1.807, 2.05) is 13.8 Å². The number of aliphatic hydroxyl groups is 1. The summed E-state index contributed by atoms with van der Waals surface area (Å²) in [6, 6.07) is 2.77. The summed E-state index contributed by atoms with van der Waals surface area (Å²) in [4.78, 5) is 75.2. The summed E-state index contributed by atoms with van der Waals surface area (Å²) in [5, 5.41) is 14.4. The number of carbonyl (C=O) groups excluding carboxylic acids is 5. The first kappa shape index (κ1) is 33.0. The number of thioether (sulfide) groups is 1. The van der Waals surface area contributed by atoms with E-state index in [-0.39, 0.29) is 22.5 Å². The number of hydrogen-bond acceptors (Lipinski definition) is 10. The molecule has 4 amide bonds. The predicted octanol–water partition coefficient (Wildman–Crippen LogP) is 0.355. The smallest absolute Gasteiger partial charge is 0.272 e. The summed E-state index contributed by atoms with van der Waals surface area (Å²) < 4.78 is 0. The lowest BCUT2D eigenvalue weighted by Gasteiger charge is -2.35. The number of likely N-dealkylation sites (N-methyl/N-ethyl adjacent to an activating group) is 2. The first-order valence-electron chi connectivity index (χ1n) is 12.5. The third-order valence-corrected chi connectivity index (χ3v) is 7.32. The van der Waals surface area contributed by atoms with Gasteiger partial charge in [0.05, 0.1) is 23.8 Å². The van der Waals surface area contributed by atoms with Crippen LogP contribution in [0.4, 0.5) is 0 Å². The average molecular weight is 593 g/mol. The van der Waals surface area contributed by atoms with Gasteiger partial charge in [0.1, 0.15) is 29.9 Å². The zero-order chi connectivity index (χ0) is 30.1. The molecule has 0 aliphatic rings. The summed E-state index contributed by atoms with van der Waals surface area (Å²) in [5.74, 6) is -2.79. The third-order valence-electron chi connectivity index (χ3n) is 6.33. The molecule has 0 aliphatic carbocycles. The Hall–Kier alpha value is -3.23. The number of aromatic nitrogens is 2. The molecule has 40 heavy (non-hydrogen) atoms. The highest BCUT2D eigenvalue weighted by atomic mass is 32.2. The first-order chi connectivity index (χ1) is 18.9. The third kappa shape index (κ3) is 7.92. The fourth-order valence-corrected chi connectivity index (χ4v) is 5.14. The molecule has 0 aliphatic heterocycles. The Morgan fingerprint density at radius 2 is 1.62 bits per heavy atom. The Labute approximate surface area is 243 Å². The van der Waals surface area contributed by atoms with Crippen molar-refractivity contribution in [2.75, 3.05) is 32.7 Å². The van der Waals surface area contributed by atoms with Gasteiger partial charge >= 0.3 is 0 Å². The second-order valence-corrected chi connectivity index (χ2v) is 10.7. The quantitative estimate of drug-likeness (QED) is 0.255. The molecule has 1 aromatic carbocycles. The van der Waals surface area contributed by atoms with Gasteiger partial charge in [0, 0.05) is 19.8 Å². The van der Waals surface area contributed by atoms with E-state index in [0.29, 0.717) is 11.0 Å². The second kappa shape index (κ2) is 15.0. The summed E-state index contributed by atoms with van der Waals surface area (Å²) in [6.07, 6.45) is 2.90. The summed E-state index contributed by atoms with van der Waals surface area (Å²) in [7, 11) is 2.91. The van der Waals surface area contributed by atoms with E-state index >= 15 is 0 Å². The molecule has 3 N–H and O–H groups in total. The van der Waals surface area contributed by atoms with E-state index in [4.69, 9.17) is 0 Å². The van der Waals surface area contributed by atoms with E-state index in [9.17, 15) is 29.1 Å². The highest BCUT2D eigenvalue weighted by molar-refractivity contribution is 8.13. The molecular weight excluding hydrogens is 556 g/mol. The number of hydrogen-bond donors (Lipinski definition) is 4. The Balaban J connectivity index is 2.08. The SMILES string of the molecule is CSC(=O)[C@@H](C(C)C)N(C)C(=O)[C@H](CS)N(C)C(=O)C(C)NC(=O)C(CO)NC(=O)c1cnc2ccccc2n1. The van der Waals surface area contributed by atoms with Crippen LogP contribution in [0.2, 0.25) is 0 Å². The van der Waals surface area contributed by atoms with Crippen LogP contribution in [0.15, 0.2) is 30.5 Å². The molecule has 1 aromatic heterocycles. The standard InChI is InChI=1S/C26H36N6O6S2/c1-14(2)21(26(38)40-6)32(5)25(37)20(13-39)31(4)24(36)15(3)28-23(35)19(12-33)30-22(34)18-11-27-16-9-7-8-10-17(16)29-18/h7-11,14-15,19-21,33,39H,12-13H2,1-6H3,(H,28,35)(H,30,34)/t15?,19?,20-,21+/m0/s1. The van der Waals surface area contributed by atoms with Gasteiger partial charge in [-0.25, -0.2) is 4.98 Å². The zero-order valence-corrected chi connectivity index (χ0v) is 25.0. The molecule has 0 saturated heterocycles. The number of nitrogens with one attached hydrogen (secondary N) is 2. The van der Waals surface area contributed by atoms with Crippen molar-refractivity contribution in [2.24, 2.45) is 5.92 Å². The monoisotopic (exact) mass is 592 g/mol. The van der Waals surface area contributed by atoms with Crippen LogP contribution in [0.5, 0.6) is 0 Å². The number of rotatable bonds is 12. The van der Waals surface area contributed by atoms with Crippen molar-refractivity contribution in [3.05, 3.63) is 36.2 Å². The number of amides is 4. The van der Waals surface area contributed by atoms with E-state index in [0.717, 1.165) is 16.7 Å². The van der Waals surface area contributed by atoms with Crippen molar-refractivity contribution in [1.29, 1.82) is 0 Å². The Bertz CT molecular complexity index is 1250. The lowest BCUT2D eigenvalue weighted by molar-refractivity contribution is -0.147. The van der Waals surface area contributed by atoms with Crippen molar-refractivity contribution in [3.8, 4) is 0 Å². The average Bonchev–Trinajstić information content (AvgIpc) is 2.94. The van der Waals surface area contributed by atoms with Gasteiger partial charge < -0.3 is 25.5 Å². The van der Waals surface area contributed by atoms with Gasteiger partial charge in [0.2, 0.25) is 22.8 Å². The molecule has 0 spiro atoms. The second-order valence-electron chi connectivity index (χ2n) is 9.49.